The highest BCUT2D eigenvalue weighted by molar-refractivity contribution is 5.46. The van der Waals surface area contributed by atoms with Crippen LogP contribution < -0.4 is 14.2 Å². The molecule has 2 aromatic rings. The summed E-state index contributed by atoms with van der Waals surface area (Å²) >= 11 is 0. The summed E-state index contributed by atoms with van der Waals surface area (Å²) in [6, 6.07) is 11.6. The fourth-order valence-corrected chi connectivity index (χ4v) is 1.34. The highest BCUT2D eigenvalue weighted by atomic mass is 16.5. The van der Waals surface area contributed by atoms with Crippen LogP contribution in [0, 0.1) is 6.07 Å². The molecule has 0 spiro atoms. The predicted octanol–water partition coefficient (Wildman–Crippen LogP) is 2.69. The first-order valence-electron chi connectivity index (χ1n) is 5.05. The molecule has 17 heavy (non-hydrogen) atoms. The highest BCUT2D eigenvalue weighted by Crippen LogP contribution is 2.33. The van der Waals surface area contributed by atoms with Crippen molar-refractivity contribution in [2.24, 2.45) is 0 Å². The number of nitrogens with zero attached hydrogens (tertiary/aromatic N) is 1. The average Bonchev–Trinajstić information content (AvgIpc) is 2.40. The van der Waals surface area contributed by atoms with Crippen molar-refractivity contribution in [3.05, 3.63) is 42.6 Å². The Bertz CT molecular complexity index is 485. The van der Waals surface area contributed by atoms with Crippen molar-refractivity contribution in [3.8, 4) is 23.1 Å². The number of benzene rings is 1. The molecule has 1 radical (unpaired) electrons. The Labute approximate surface area is 99.8 Å². The van der Waals surface area contributed by atoms with Gasteiger partial charge in [-0.2, -0.15) is 0 Å². The molecule has 87 valence electrons. The van der Waals surface area contributed by atoms with Gasteiger partial charge in [0.25, 0.3) is 0 Å². The molecule has 0 aliphatic carbocycles. The van der Waals surface area contributed by atoms with Crippen molar-refractivity contribution in [1.82, 2.24) is 4.98 Å². The molecular weight excluding hydrogens is 218 g/mol. The van der Waals surface area contributed by atoms with Crippen molar-refractivity contribution < 1.29 is 14.2 Å². The molecule has 0 unspecified atom stereocenters. The second-order valence-electron chi connectivity index (χ2n) is 3.21. The summed E-state index contributed by atoms with van der Waals surface area (Å²) < 4.78 is 15.9. The van der Waals surface area contributed by atoms with E-state index in [4.69, 9.17) is 14.2 Å². The van der Waals surface area contributed by atoms with Crippen LogP contribution in [0.3, 0.4) is 0 Å². The van der Waals surface area contributed by atoms with Crippen molar-refractivity contribution in [3.63, 3.8) is 0 Å². The summed E-state index contributed by atoms with van der Waals surface area (Å²) in [6.45, 7) is 0. The van der Waals surface area contributed by atoms with E-state index in [1.165, 1.54) is 0 Å². The van der Waals surface area contributed by atoms with E-state index >= 15 is 0 Å². The fourth-order valence-electron chi connectivity index (χ4n) is 1.34. The second kappa shape index (κ2) is 5.21. The SMILES string of the molecule is COc1ccc(Oc2c[c]ccn2)c(OC)c1. The fraction of sp³-hybridized carbons (Fsp3) is 0.154. The van der Waals surface area contributed by atoms with Gasteiger partial charge in [0.05, 0.1) is 14.2 Å². The lowest BCUT2D eigenvalue weighted by atomic mass is 10.3. The summed E-state index contributed by atoms with van der Waals surface area (Å²) in [6.07, 6.45) is 1.62. The molecule has 0 aliphatic heterocycles. The molecular formula is C13H12NO3. The molecule has 0 fully saturated rings. The summed E-state index contributed by atoms with van der Waals surface area (Å²) in [4.78, 5) is 4.05. The first-order valence-corrected chi connectivity index (χ1v) is 5.05. The highest BCUT2D eigenvalue weighted by Gasteiger charge is 2.07. The molecule has 2 rings (SSSR count). The van der Waals surface area contributed by atoms with Crippen LogP contribution in [-0.4, -0.2) is 19.2 Å². The maximum atomic E-state index is 5.58. The van der Waals surface area contributed by atoms with Gasteiger partial charge in [-0.05, 0) is 24.3 Å². The zero-order chi connectivity index (χ0) is 12.1. The van der Waals surface area contributed by atoms with Gasteiger partial charge in [0.1, 0.15) is 5.75 Å². The molecule has 1 heterocycles. The second-order valence-corrected chi connectivity index (χ2v) is 3.21. The lowest BCUT2D eigenvalue weighted by Gasteiger charge is -2.10. The Hall–Kier alpha value is -2.23. The third-order valence-corrected chi connectivity index (χ3v) is 2.16. The summed E-state index contributed by atoms with van der Waals surface area (Å²) in [5.74, 6) is 2.35. The van der Waals surface area contributed by atoms with Crippen molar-refractivity contribution >= 4 is 0 Å². The van der Waals surface area contributed by atoms with Crippen LogP contribution in [0.4, 0.5) is 0 Å². The van der Waals surface area contributed by atoms with Crippen LogP contribution in [-0.2, 0) is 0 Å². The van der Waals surface area contributed by atoms with E-state index in [-0.39, 0.29) is 0 Å². The molecule has 0 bridgehead atoms. The van der Waals surface area contributed by atoms with E-state index < -0.39 is 0 Å². The molecule has 0 aliphatic rings. The van der Waals surface area contributed by atoms with E-state index in [0.717, 1.165) is 0 Å². The normalized spacial score (nSPS) is 9.76. The molecule has 0 saturated carbocycles. The smallest absolute Gasteiger partial charge is 0.219 e. The van der Waals surface area contributed by atoms with Crippen LogP contribution in [0.15, 0.2) is 36.5 Å². The van der Waals surface area contributed by atoms with Crippen molar-refractivity contribution in [2.45, 2.75) is 0 Å². The first kappa shape index (κ1) is 11.3. The van der Waals surface area contributed by atoms with Gasteiger partial charge in [-0.3, -0.25) is 0 Å². The van der Waals surface area contributed by atoms with E-state index in [0.29, 0.717) is 23.1 Å². The number of rotatable bonds is 4. The number of hydrogen-bond donors (Lipinski definition) is 0. The largest absolute Gasteiger partial charge is 0.497 e. The van der Waals surface area contributed by atoms with Crippen LogP contribution in [0.1, 0.15) is 0 Å². The minimum atomic E-state index is 0.468. The van der Waals surface area contributed by atoms with Crippen molar-refractivity contribution in [1.29, 1.82) is 0 Å². The minimum Gasteiger partial charge on any atom is -0.497 e. The Morgan fingerprint density at radius 1 is 1.12 bits per heavy atom. The Kier molecular flexibility index (Phi) is 3.45. The first-order chi connectivity index (χ1) is 8.33. The summed E-state index contributed by atoms with van der Waals surface area (Å²) in [7, 11) is 3.18. The number of aromatic nitrogens is 1. The summed E-state index contributed by atoms with van der Waals surface area (Å²) in [5.41, 5.74) is 0. The molecule has 1 aromatic heterocycles. The standard InChI is InChI=1S/C13H12NO3/c1-15-10-6-7-11(12(9-10)16-2)17-13-5-3-4-8-14-13/h4-9H,1-2H3. The maximum Gasteiger partial charge on any atom is 0.219 e. The zero-order valence-electron chi connectivity index (χ0n) is 9.64. The van der Waals surface area contributed by atoms with Gasteiger partial charge < -0.3 is 14.2 Å². The number of methoxy groups -OCH3 is 2. The number of pyridine rings is 1. The van der Waals surface area contributed by atoms with E-state index in [2.05, 4.69) is 11.1 Å². The molecule has 1 aromatic carbocycles. The molecule has 0 atom stereocenters. The Balaban J connectivity index is 2.26. The number of ether oxygens (including phenoxy) is 3. The van der Waals surface area contributed by atoms with E-state index in [1.54, 1.807) is 50.7 Å². The Morgan fingerprint density at radius 2 is 2.00 bits per heavy atom. The zero-order valence-corrected chi connectivity index (χ0v) is 9.64. The van der Waals surface area contributed by atoms with E-state index in [1.807, 2.05) is 0 Å². The Morgan fingerprint density at radius 3 is 2.65 bits per heavy atom. The quantitative estimate of drug-likeness (QED) is 0.809. The molecule has 0 amide bonds. The van der Waals surface area contributed by atoms with Gasteiger partial charge in [-0.1, -0.05) is 0 Å². The van der Waals surface area contributed by atoms with Crippen LogP contribution in [0.2, 0.25) is 0 Å². The summed E-state index contributed by atoms with van der Waals surface area (Å²) in [5, 5.41) is 0. The van der Waals surface area contributed by atoms with Crippen LogP contribution in [0.25, 0.3) is 0 Å². The van der Waals surface area contributed by atoms with Gasteiger partial charge in [0.15, 0.2) is 11.5 Å². The third-order valence-electron chi connectivity index (χ3n) is 2.16. The van der Waals surface area contributed by atoms with Gasteiger partial charge in [-0.25, -0.2) is 4.98 Å². The monoisotopic (exact) mass is 230 g/mol. The maximum absolute atomic E-state index is 5.58. The molecule has 0 N–H and O–H groups in total. The predicted molar refractivity (Wildman–Crippen MR) is 62.7 cm³/mol. The van der Waals surface area contributed by atoms with E-state index in [9.17, 15) is 0 Å². The molecule has 0 saturated heterocycles. The van der Waals surface area contributed by atoms with Crippen LogP contribution >= 0.6 is 0 Å². The minimum absolute atomic E-state index is 0.468. The topological polar surface area (TPSA) is 40.6 Å². The third kappa shape index (κ3) is 2.66. The van der Waals surface area contributed by atoms with Gasteiger partial charge in [-0.15, -0.1) is 0 Å². The van der Waals surface area contributed by atoms with Crippen LogP contribution in [0.5, 0.6) is 23.1 Å². The van der Waals surface area contributed by atoms with Gasteiger partial charge in [0, 0.05) is 18.3 Å². The van der Waals surface area contributed by atoms with Gasteiger partial charge >= 0.3 is 0 Å². The van der Waals surface area contributed by atoms with Gasteiger partial charge in [0.2, 0.25) is 5.88 Å². The lowest BCUT2D eigenvalue weighted by molar-refractivity contribution is 0.365. The lowest BCUT2D eigenvalue weighted by Crippen LogP contribution is -1.92. The van der Waals surface area contributed by atoms with Crippen molar-refractivity contribution in [2.75, 3.05) is 14.2 Å². The average molecular weight is 230 g/mol. The number of hydrogen-bond acceptors (Lipinski definition) is 4. The molecule has 4 heteroatoms. The molecule has 4 nitrogen and oxygen atoms in total.